The Morgan fingerprint density at radius 1 is 1.35 bits per heavy atom. The first-order valence-corrected chi connectivity index (χ1v) is 8.55. The van der Waals surface area contributed by atoms with Crippen molar-refractivity contribution in [3.8, 4) is 0 Å². The fraction of sp³-hybridized carbons (Fsp3) is 0.421. The van der Waals surface area contributed by atoms with Crippen molar-refractivity contribution in [1.82, 2.24) is 9.80 Å². The summed E-state index contributed by atoms with van der Waals surface area (Å²) in [5, 5.41) is 0. The lowest BCUT2D eigenvalue weighted by atomic mass is 10.0. The summed E-state index contributed by atoms with van der Waals surface area (Å²) in [5.41, 5.74) is 4.64. The van der Waals surface area contributed by atoms with E-state index >= 15 is 0 Å². The van der Waals surface area contributed by atoms with E-state index in [9.17, 15) is 18.8 Å². The van der Waals surface area contributed by atoms with Crippen LogP contribution in [0.3, 0.4) is 0 Å². The van der Waals surface area contributed by atoms with Crippen molar-refractivity contribution in [1.29, 1.82) is 0 Å². The number of hydrogen-bond acceptors (Lipinski definition) is 3. The molecule has 1 aromatic carbocycles. The highest BCUT2D eigenvalue weighted by molar-refractivity contribution is 5.99. The van der Waals surface area contributed by atoms with Crippen LogP contribution in [0.2, 0.25) is 0 Å². The Balaban J connectivity index is 2.10. The largest absolute Gasteiger partial charge is 0.366 e. The number of piperazine rings is 1. The monoisotopic (exact) mass is 361 g/mol. The average molecular weight is 361 g/mol. The van der Waals surface area contributed by atoms with Crippen LogP contribution in [0.1, 0.15) is 41.0 Å². The van der Waals surface area contributed by atoms with E-state index in [1.165, 1.54) is 23.1 Å². The van der Waals surface area contributed by atoms with Gasteiger partial charge in [0.25, 0.3) is 11.8 Å². The van der Waals surface area contributed by atoms with E-state index in [2.05, 4.69) is 6.58 Å². The third-order valence-electron chi connectivity index (χ3n) is 4.63. The number of halogens is 1. The molecule has 2 atom stereocenters. The Bertz CT molecular complexity index is 735. The van der Waals surface area contributed by atoms with Gasteiger partial charge in [-0.25, -0.2) is 4.39 Å². The highest BCUT2D eigenvalue weighted by Crippen LogP contribution is 2.19. The van der Waals surface area contributed by atoms with Crippen molar-refractivity contribution >= 4 is 17.7 Å². The van der Waals surface area contributed by atoms with Gasteiger partial charge < -0.3 is 15.5 Å². The molecule has 1 saturated heterocycles. The van der Waals surface area contributed by atoms with Gasteiger partial charge in [-0.15, -0.1) is 6.58 Å². The van der Waals surface area contributed by atoms with E-state index < -0.39 is 17.6 Å². The standard InChI is InChI=1S/C19H24FN3O3/c1-4-12(2)10-16(24)23-9-8-22(11-13(23)3)19(26)15-7-5-6-14(17(15)20)18(21)25/h4-7,12-13H,1,8-11H2,2-3H3,(H2,21,25)/t12?,13-/m0/s1. The van der Waals surface area contributed by atoms with Gasteiger partial charge in [-0.05, 0) is 25.0 Å². The van der Waals surface area contributed by atoms with Crippen molar-refractivity contribution in [3.05, 3.63) is 47.8 Å². The zero-order valence-corrected chi connectivity index (χ0v) is 15.1. The zero-order valence-electron chi connectivity index (χ0n) is 15.1. The van der Waals surface area contributed by atoms with Gasteiger partial charge in [0.1, 0.15) is 5.82 Å². The molecule has 2 N–H and O–H groups in total. The minimum Gasteiger partial charge on any atom is -0.366 e. The second kappa shape index (κ2) is 8.12. The van der Waals surface area contributed by atoms with Gasteiger partial charge in [-0.1, -0.05) is 19.1 Å². The first-order chi connectivity index (χ1) is 12.3. The summed E-state index contributed by atoms with van der Waals surface area (Å²) in [7, 11) is 0. The van der Waals surface area contributed by atoms with E-state index in [1.807, 2.05) is 13.8 Å². The van der Waals surface area contributed by atoms with Gasteiger partial charge in [-0.2, -0.15) is 0 Å². The fourth-order valence-electron chi connectivity index (χ4n) is 3.05. The molecule has 1 unspecified atom stereocenters. The molecule has 0 radical (unpaired) electrons. The Morgan fingerprint density at radius 2 is 2.00 bits per heavy atom. The third kappa shape index (κ3) is 4.09. The molecule has 7 heteroatoms. The molecule has 2 rings (SSSR count). The Labute approximate surface area is 152 Å². The third-order valence-corrected chi connectivity index (χ3v) is 4.63. The van der Waals surface area contributed by atoms with Crippen LogP contribution in [0.4, 0.5) is 4.39 Å². The average Bonchev–Trinajstić information content (AvgIpc) is 2.60. The van der Waals surface area contributed by atoms with Crippen molar-refractivity contribution in [2.75, 3.05) is 19.6 Å². The summed E-state index contributed by atoms with van der Waals surface area (Å²) < 4.78 is 14.4. The van der Waals surface area contributed by atoms with Crippen molar-refractivity contribution in [3.63, 3.8) is 0 Å². The van der Waals surface area contributed by atoms with Gasteiger partial charge >= 0.3 is 0 Å². The quantitative estimate of drug-likeness (QED) is 0.812. The van der Waals surface area contributed by atoms with Crippen LogP contribution in [0.5, 0.6) is 0 Å². The number of amides is 3. The first-order valence-electron chi connectivity index (χ1n) is 8.55. The van der Waals surface area contributed by atoms with Crippen molar-refractivity contribution < 1.29 is 18.8 Å². The molecule has 1 aliphatic heterocycles. The second-order valence-electron chi connectivity index (χ2n) is 6.64. The molecular weight excluding hydrogens is 337 g/mol. The molecule has 26 heavy (non-hydrogen) atoms. The number of benzene rings is 1. The number of nitrogens with zero attached hydrogens (tertiary/aromatic N) is 2. The molecule has 1 fully saturated rings. The molecule has 1 heterocycles. The van der Waals surface area contributed by atoms with Crippen LogP contribution in [0.15, 0.2) is 30.9 Å². The maximum absolute atomic E-state index is 14.4. The van der Waals surface area contributed by atoms with Crippen LogP contribution in [-0.2, 0) is 4.79 Å². The molecule has 0 aromatic heterocycles. The molecule has 1 aromatic rings. The van der Waals surface area contributed by atoms with E-state index in [4.69, 9.17) is 5.73 Å². The summed E-state index contributed by atoms with van der Waals surface area (Å²) >= 11 is 0. The number of primary amides is 1. The predicted octanol–water partition coefficient (Wildman–Crippen LogP) is 1.81. The summed E-state index contributed by atoms with van der Waals surface area (Å²) in [5.74, 6) is -2.24. The topological polar surface area (TPSA) is 83.7 Å². The summed E-state index contributed by atoms with van der Waals surface area (Å²) in [6.07, 6.45) is 2.11. The number of rotatable bonds is 5. The molecule has 0 saturated carbocycles. The van der Waals surface area contributed by atoms with Crippen molar-refractivity contribution in [2.24, 2.45) is 11.7 Å². The number of carbonyl (C=O) groups excluding carboxylic acids is 3. The number of hydrogen-bond donors (Lipinski definition) is 1. The summed E-state index contributed by atoms with van der Waals surface area (Å²) in [4.78, 5) is 39.5. The molecule has 0 aliphatic carbocycles. The lowest BCUT2D eigenvalue weighted by molar-refractivity contribution is -0.135. The van der Waals surface area contributed by atoms with Gasteiger partial charge in [0.05, 0.1) is 11.1 Å². The SMILES string of the molecule is C=CC(C)CC(=O)N1CCN(C(=O)c2cccc(C(N)=O)c2F)C[C@@H]1C. The first kappa shape index (κ1) is 19.6. The molecule has 140 valence electrons. The van der Waals surface area contributed by atoms with Gasteiger partial charge in [-0.3, -0.25) is 14.4 Å². The van der Waals surface area contributed by atoms with E-state index in [-0.39, 0.29) is 29.0 Å². The molecule has 1 aliphatic rings. The van der Waals surface area contributed by atoms with E-state index in [0.717, 1.165) is 0 Å². The van der Waals surface area contributed by atoms with Gasteiger partial charge in [0.15, 0.2) is 0 Å². The normalized spacial score (nSPS) is 18.3. The summed E-state index contributed by atoms with van der Waals surface area (Å²) in [6.45, 7) is 8.44. The Morgan fingerprint density at radius 3 is 2.58 bits per heavy atom. The van der Waals surface area contributed by atoms with E-state index in [1.54, 1.807) is 11.0 Å². The molecule has 3 amide bonds. The number of allylic oxidation sites excluding steroid dienone is 1. The lowest BCUT2D eigenvalue weighted by Crippen LogP contribution is -2.55. The molecular formula is C19H24FN3O3. The predicted molar refractivity (Wildman–Crippen MR) is 96.0 cm³/mol. The molecule has 0 spiro atoms. The lowest BCUT2D eigenvalue weighted by Gasteiger charge is -2.40. The minimum atomic E-state index is -0.919. The maximum atomic E-state index is 14.4. The van der Waals surface area contributed by atoms with Crippen LogP contribution in [-0.4, -0.2) is 53.2 Å². The zero-order chi connectivity index (χ0) is 19.4. The minimum absolute atomic E-state index is 0.0129. The van der Waals surface area contributed by atoms with Gasteiger partial charge in [0.2, 0.25) is 5.91 Å². The number of carbonyl (C=O) groups is 3. The molecule has 0 bridgehead atoms. The fourth-order valence-corrected chi connectivity index (χ4v) is 3.05. The van der Waals surface area contributed by atoms with Crippen molar-refractivity contribution in [2.45, 2.75) is 26.3 Å². The van der Waals surface area contributed by atoms with Gasteiger partial charge in [0, 0.05) is 32.1 Å². The highest BCUT2D eigenvalue weighted by atomic mass is 19.1. The Hall–Kier alpha value is -2.70. The smallest absolute Gasteiger partial charge is 0.256 e. The number of nitrogens with two attached hydrogens (primary N) is 1. The maximum Gasteiger partial charge on any atom is 0.256 e. The summed E-state index contributed by atoms with van der Waals surface area (Å²) in [6, 6.07) is 3.82. The Kier molecular flexibility index (Phi) is 6.13. The van der Waals surface area contributed by atoms with Crippen LogP contribution in [0, 0.1) is 11.7 Å². The van der Waals surface area contributed by atoms with Crippen LogP contribution in [0.25, 0.3) is 0 Å². The highest BCUT2D eigenvalue weighted by Gasteiger charge is 2.31. The second-order valence-corrected chi connectivity index (χ2v) is 6.64. The molecule has 6 nitrogen and oxygen atoms in total. The van der Waals surface area contributed by atoms with E-state index in [0.29, 0.717) is 26.1 Å². The van der Waals surface area contributed by atoms with Crippen LogP contribution >= 0.6 is 0 Å². The van der Waals surface area contributed by atoms with Crippen LogP contribution < -0.4 is 5.73 Å².